The smallest absolute Gasteiger partial charge is 0.407 e. The Bertz CT molecular complexity index is 137. The topological polar surface area (TPSA) is 64.3 Å². The van der Waals surface area contributed by atoms with Crippen molar-refractivity contribution in [3.8, 4) is 0 Å². The molecule has 1 aliphatic rings. The first-order chi connectivity index (χ1) is 4.16. The molecule has 0 bridgehead atoms. The summed E-state index contributed by atoms with van der Waals surface area (Å²) in [4.78, 5) is 10.4. The number of amides is 1. The highest BCUT2D eigenvalue weighted by molar-refractivity contribution is 5.70. The van der Waals surface area contributed by atoms with Gasteiger partial charge in [0.1, 0.15) is 5.60 Å². The molecule has 1 unspecified atom stereocenters. The third kappa shape index (κ3) is 1.13. The van der Waals surface area contributed by atoms with Crippen molar-refractivity contribution in [2.24, 2.45) is 5.73 Å². The van der Waals surface area contributed by atoms with Crippen LogP contribution in [-0.2, 0) is 4.74 Å². The van der Waals surface area contributed by atoms with Crippen LogP contribution in [-0.4, -0.2) is 24.8 Å². The van der Waals surface area contributed by atoms with Gasteiger partial charge in [0.2, 0.25) is 0 Å². The molecule has 52 valence electrons. The van der Waals surface area contributed by atoms with Gasteiger partial charge in [-0.15, -0.1) is 0 Å². The molecule has 0 aromatic carbocycles. The summed E-state index contributed by atoms with van der Waals surface area (Å²) < 4.78 is 4.82. The molecule has 1 saturated heterocycles. The van der Waals surface area contributed by atoms with Crippen LogP contribution in [0.3, 0.4) is 0 Å². The molecule has 1 fully saturated rings. The summed E-state index contributed by atoms with van der Waals surface area (Å²) in [6.45, 7) is 2.68. The van der Waals surface area contributed by atoms with E-state index in [1.165, 1.54) is 0 Å². The molecule has 1 amide bonds. The number of hydrogen-bond acceptors (Lipinski definition) is 3. The van der Waals surface area contributed by atoms with E-state index in [-0.39, 0.29) is 6.09 Å². The molecule has 0 aliphatic carbocycles. The molecule has 0 saturated carbocycles. The molecule has 3 N–H and O–H groups in total. The van der Waals surface area contributed by atoms with Gasteiger partial charge < -0.3 is 15.8 Å². The van der Waals surface area contributed by atoms with Gasteiger partial charge in [-0.25, -0.2) is 4.79 Å². The molecular formula is C5H10N2O2. The zero-order valence-corrected chi connectivity index (χ0v) is 5.31. The van der Waals surface area contributed by atoms with Crippen LogP contribution in [0.15, 0.2) is 0 Å². The van der Waals surface area contributed by atoms with E-state index in [2.05, 4.69) is 5.32 Å². The number of carbonyl (C=O) groups excluding carboxylic acids is 1. The SMILES string of the molecule is CC1(CN)CNC(=O)O1. The quantitative estimate of drug-likeness (QED) is 0.500. The van der Waals surface area contributed by atoms with E-state index in [1.807, 2.05) is 0 Å². The number of ether oxygens (including phenoxy) is 1. The lowest BCUT2D eigenvalue weighted by Gasteiger charge is -2.17. The highest BCUT2D eigenvalue weighted by Crippen LogP contribution is 2.12. The number of nitrogens with two attached hydrogens (primary N) is 1. The van der Waals surface area contributed by atoms with Gasteiger partial charge in [-0.1, -0.05) is 0 Å². The van der Waals surface area contributed by atoms with E-state index < -0.39 is 5.60 Å². The average Bonchev–Trinajstić information content (AvgIpc) is 2.13. The van der Waals surface area contributed by atoms with Gasteiger partial charge in [-0.05, 0) is 6.92 Å². The highest BCUT2D eigenvalue weighted by Gasteiger charge is 2.33. The van der Waals surface area contributed by atoms with Crippen LogP contribution in [0.25, 0.3) is 0 Å². The fourth-order valence-electron chi connectivity index (χ4n) is 0.669. The summed E-state index contributed by atoms with van der Waals surface area (Å²) in [7, 11) is 0. The van der Waals surface area contributed by atoms with E-state index in [0.29, 0.717) is 13.1 Å². The van der Waals surface area contributed by atoms with Crippen molar-refractivity contribution >= 4 is 6.09 Å². The average molecular weight is 130 g/mol. The monoisotopic (exact) mass is 130 g/mol. The fraction of sp³-hybridized carbons (Fsp3) is 0.800. The van der Waals surface area contributed by atoms with Crippen LogP contribution in [0, 0.1) is 0 Å². The summed E-state index contributed by atoms with van der Waals surface area (Å²) in [6.07, 6.45) is -0.372. The number of cyclic esters (lactones) is 1. The van der Waals surface area contributed by atoms with Crippen molar-refractivity contribution in [3.63, 3.8) is 0 Å². The minimum absolute atomic E-state index is 0.367. The number of alkyl carbamates (subject to hydrolysis) is 1. The Morgan fingerprint density at radius 1 is 2.00 bits per heavy atom. The third-order valence-electron chi connectivity index (χ3n) is 1.38. The maximum Gasteiger partial charge on any atom is 0.407 e. The Hall–Kier alpha value is -0.770. The molecule has 9 heavy (non-hydrogen) atoms. The van der Waals surface area contributed by atoms with E-state index in [9.17, 15) is 4.79 Å². The van der Waals surface area contributed by atoms with Crippen LogP contribution < -0.4 is 11.1 Å². The second-order valence-electron chi connectivity index (χ2n) is 2.40. The second-order valence-corrected chi connectivity index (χ2v) is 2.40. The van der Waals surface area contributed by atoms with Crippen molar-refractivity contribution in [1.82, 2.24) is 5.32 Å². The zero-order chi connectivity index (χ0) is 6.91. The molecule has 1 heterocycles. The van der Waals surface area contributed by atoms with Gasteiger partial charge in [0, 0.05) is 6.54 Å². The Kier molecular flexibility index (Phi) is 1.32. The predicted molar refractivity (Wildman–Crippen MR) is 31.9 cm³/mol. The molecule has 1 rings (SSSR count). The number of nitrogens with one attached hydrogen (secondary N) is 1. The van der Waals surface area contributed by atoms with Crippen molar-refractivity contribution in [2.75, 3.05) is 13.1 Å². The molecule has 4 nitrogen and oxygen atoms in total. The van der Waals surface area contributed by atoms with Crippen molar-refractivity contribution in [3.05, 3.63) is 0 Å². The van der Waals surface area contributed by atoms with E-state index in [1.54, 1.807) is 6.92 Å². The summed E-state index contributed by atoms with van der Waals surface area (Å²) in [6, 6.07) is 0. The van der Waals surface area contributed by atoms with Crippen LogP contribution in [0.1, 0.15) is 6.92 Å². The number of rotatable bonds is 1. The fourth-order valence-corrected chi connectivity index (χ4v) is 0.669. The molecule has 1 aliphatic heterocycles. The maximum absolute atomic E-state index is 10.4. The molecular weight excluding hydrogens is 120 g/mol. The summed E-state index contributed by atoms with van der Waals surface area (Å²) in [5, 5.41) is 2.52. The molecule has 0 radical (unpaired) electrons. The number of carbonyl (C=O) groups is 1. The van der Waals surface area contributed by atoms with Crippen LogP contribution in [0.4, 0.5) is 4.79 Å². The zero-order valence-electron chi connectivity index (χ0n) is 5.31. The van der Waals surface area contributed by atoms with Crippen LogP contribution in [0.5, 0.6) is 0 Å². The van der Waals surface area contributed by atoms with Crippen molar-refractivity contribution in [2.45, 2.75) is 12.5 Å². The van der Waals surface area contributed by atoms with Gasteiger partial charge in [0.15, 0.2) is 0 Å². The maximum atomic E-state index is 10.4. The van der Waals surface area contributed by atoms with Crippen LogP contribution >= 0.6 is 0 Å². The predicted octanol–water partition coefficient (Wildman–Crippen LogP) is -0.556. The van der Waals surface area contributed by atoms with Crippen molar-refractivity contribution in [1.29, 1.82) is 0 Å². The van der Waals surface area contributed by atoms with Gasteiger partial charge in [-0.2, -0.15) is 0 Å². The lowest BCUT2D eigenvalue weighted by molar-refractivity contribution is 0.0788. The van der Waals surface area contributed by atoms with Crippen LogP contribution in [0.2, 0.25) is 0 Å². The summed E-state index contributed by atoms with van der Waals surface area (Å²) in [5.41, 5.74) is 4.84. The summed E-state index contributed by atoms with van der Waals surface area (Å²) >= 11 is 0. The first-order valence-electron chi connectivity index (χ1n) is 2.83. The second kappa shape index (κ2) is 1.88. The first-order valence-corrected chi connectivity index (χ1v) is 2.83. The van der Waals surface area contributed by atoms with E-state index in [0.717, 1.165) is 0 Å². The standard InChI is InChI=1S/C5H10N2O2/c1-5(2-6)3-7-4(8)9-5/h2-3,6H2,1H3,(H,7,8). The molecule has 4 heteroatoms. The first kappa shape index (κ1) is 6.35. The minimum Gasteiger partial charge on any atom is -0.440 e. The van der Waals surface area contributed by atoms with Gasteiger partial charge in [0.05, 0.1) is 6.54 Å². The molecule has 0 spiro atoms. The normalized spacial score (nSPS) is 33.8. The minimum atomic E-state index is -0.475. The Balaban J connectivity index is 2.54. The van der Waals surface area contributed by atoms with E-state index >= 15 is 0 Å². The van der Waals surface area contributed by atoms with Gasteiger partial charge in [0.25, 0.3) is 0 Å². The molecule has 1 atom stereocenters. The number of hydrogen-bond donors (Lipinski definition) is 2. The lowest BCUT2D eigenvalue weighted by atomic mass is 10.1. The van der Waals surface area contributed by atoms with Gasteiger partial charge >= 0.3 is 6.09 Å². The molecule has 0 aromatic rings. The van der Waals surface area contributed by atoms with Crippen molar-refractivity contribution < 1.29 is 9.53 Å². The Labute approximate surface area is 53.4 Å². The largest absolute Gasteiger partial charge is 0.440 e. The molecule has 0 aromatic heterocycles. The Morgan fingerprint density at radius 2 is 2.67 bits per heavy atom. The lowest BCUT2D eigenvalue weighted by Crippen LogP contribution is -2.37. The Morgan fingerprint density at radius 3 is 2.89 bits per heavy atom. The summed E-state index contributed by atoms with van der Waals surface area (Å²) in [5.74, 6) is 0. The highest BCUT2D eigenvalue weighted by atomic mass is 16.6. The van der Waals surface area contributed by atoms with E-state index in [4.69, 9.17) is 10.5 Å². The third-order valence-corrected chi connectivity index (χ3v) is 1.38. The van der Waals surface area contributed by atoms with Gasteiger partial charge in [-0.3, -0.25) is 0 Å².